The van der Waals surface area contributed by atoms with Crippen molar-refractivity contribution in [1.29, 1.82) is 0 Å². The summed E-state index contributed by atoms with van der Waals surface area (Å²) in [5.41, 5.74) is 5.64. The maximum atomic E-state index is 5.64. The third-order valence-electron chi connectivity index (χ3n) is 4.96. The third-order valence-corrected chi connectivity index (χ3v) is 4.96. The van der Waals surface area contributed by atoms with E-state index in [1.165, 1.54) is 38.8 Å². The summed E-state index contributed by atoms with van der Waals surface area (Å²) in [6, 6.07) is 0. The molecule has 2 heteroatoms. The van der Waals surface area contributed by atoms with E-state index in [4.69, 9.17) is 5.73 Å². The molecule has 3 aliphatic carbocycles. The predicted octanol–water partition coefficient (Wildman–Crippen LogP) is 1.31. The van der Waals surface area contributed by atoms with Gasteiger partial charge in [0.2, 0.25) is 0 Å². The van der Waals surface area contributed by atoms with Gasteiger partial charge in [-0.1, -0.05) is 0 Å². The number of hydrogen-bond acceptors (Lipinski definition) is 2. The second-order valence-electron chi connectivity index (χ2n) is 5.55. The molecule has 0 radical (unpaired) electrons. The lowest BCUT2D eigenvalue weighted by Crippen LogP contribution is -2.38. The van der Waals surface area contributed by atoms with E-state index in [9.17, 15) is 0 Å². The Morgan fingerprint density at radius 3 is 1.86 bits per heavy atom. The number of likely N-dealkylation sites (tertiary alicyclic amines) is 1. The Balaban J connectivity index is 1.71. The Morgan fingerprint density at radius 2 is 1.43 bits per heavy atom. The molecule has 2 bridgehead atoms. The van der Waals surface area contributed by atoms with E-state index >= 15 is 0 Å². The molecule has 2 N–H and O–H groups in total. The molecule has 4 aliphatic rings. The monoisotopic (exact) mass is 194 g/mol. The van der Waals surface area contributed by atoms with Crippen LogP contribution in [-0.4, -0.2) is 31.1 Å². The maximum Gasteiger partial charge on any atom is 0.0105 e. The summed E-state index contributed by atoms with van der Waals surface area (Å²) in [7, 11) is 0. The van der Waals surface area contributed by atoms with Gasteiger partial charge in [-0.2, -0.15) is 0 Å². The first-order chi connectivity index (χ1) is 6.88. The van der Waals surface area contributed by atoms with Crippen LogP contribution in [0.4, 0.5) is 0 Å². The van der Waals surface area contributed by atoms with Gasteiger partial charge in [0.1, 0.15) is 0 Å². The number of hydrogen-bond donors (Lipinski definition) is 1. The van der Waals surface area contributed by atoms with Crippen molar-refractivity contribution >= 4 is 0 Å². The van der Waals surface area contributed by atoms with E-state index in [1.54, 1.807) is 0 Å². The molecule has 4 fully saturated rings. The zero-order valence-corrected chi connectivity index (χ0v) is 8.99. The van der Waals surface area contributed by atoms with Gasteiger partial charge in [0.25, 0.3) is 0 Å². The first kappa shape index (κ1) is 9.17. The largest absolute Gasteiger partial charge is 0.329 e. The molecule has 1 saturated heterocycles. The first-order valence-corrected chi connectivity index (χ1v) is 6.31. The average Bonchev–Trinajstić information content (AvgIpc) is 2.65. The summed E-state index contributed by atoms with van der Waals surface area (Å²) in [6.45, 7) is 4.70. The second-order valence-corrected chi connectivity index (χ2v) is 5.55. The van der Waals surface area contributed by atoms with E-state index in [0.29, 0.717) is 0 Å². The van der Waals surface area contributed by atoms with Gasteiger partial charge in [-0.05, 0) is 49.4 Å². The van der Waals surface area contributed by atoms with Gasteiger partial charge in [-0.15, -0.1) is 0 Å². The molecule has 0 aromatic rings. The molecule has 80 valence electrons. The Hall–Kier alpha value is -0.0800. The standard InChI is InChI=1S/C12H22N2/c13-5-6-14-7-11-9-1-2-10(4-3-9)12(11)8-14/h9-12H,1-8,13H2/t9?,10?,11-,12+. The van der Waals surface area contributed by atoms with Crippen molar-refractivity contribution in [2.24, 2.45) is 29.4 Å². The lowest BCUT2D eigenvalue weighted by Gasteiger charge is -2.45. The number of fused-ring (bicyclic) bond motifs is 2. The van der Waals surface area contributed by atoms with Crippen molar-refractivity contribution in [2.45, 2.75) is 25.7 Å². The van der Waals surface area contributed by atoms with E-state index in [-0.39, 0.29) is 0 Å². The van der Waals surface area contributed by atoms with Gasteiger partial charge in [-0.3, -0.25) is 0 Å². The molecule has 0 spiro atoms. The first-order valence-electron chi connectivity index (χ1n) is 6.31. The maximum absolute atomic E-state index is 5.64. The van der Waals surface area contributed by atoms with E-state index < -0.39 is 0 Å². The summed E-state index contributed by atoms with van der Waals surface area (Å²) in [5.74, 6) is 4.25. The van der Waals surface area contributed by atoms with Gasteiger partial charge in [0, 0.05) is 26.2 Å². The Labute approximate surface area is 86.8 Å². The van der Waals surface area contributed by atoms with Crippen molar-refractivity contribution in [1.82, 2.24) is 4.90 Å². The molecule has 4 rings (SSSR count). The van der Waals surface area contributed by atoms with Crippen molar-refractivity contribution in [3.63, 3.8) is 0 Å². The summed E-state index contributed by atoms with van der Waals surface area (Å²) in [6.07, 6.45) is 6.12. The van der Waals surface area contributed by atoms with Gasteiger partial charge in [-0.25, -0.2) is 0 Å². The summed E-state index contributed by atoms with van der Waals surface area (Å²) >= 11 is 0. The molecule has 1 heterocycles. The smallest absolute Gasteiger partial charge is 0.0105 e. The molecule has 1 aliphatic heterocycles. The van der Waals surface area contributed by atoms with Crippen molar-refractivity contribution in [3.05, 3.63) is 0 Å². The fourth-order valence-electron chi connectivity index (χ4n) is 4.31. The number of nitrogens with two attached hydrogens (primary N) is 1. The zero-order valence-electron chi connectivity index (χ0n) is 8.99. The van der Waals surface area contributed by atoms with Gasteiger partial charge in [0.05, 0.1) is 0 Å². The molecule has 0 amide bonds. The highest BCUT2D eigenvalue weighted by Gasteiger charge is 2.47. The molecule has 3 saturated carbocycles. The molecule has 0 aromatic heterocycles. The van der Waals surface area contributed by atoms with E-state index in [0.717, 1.165) is 36.8 Å². The molecule has 2 nitrogen and oxygen atoms in total. The van der Waals surface area contributed by atoms with Crippen molar-refractivity contribution < 1.29 is 0 Å². The van der Waals surface area contributed by atoms with Crippen LogP contribution in [0.15, 0.2) is 0 Å². The molecule has 0 unspecified atom stereocenters. The average molecular weight is 194 g/mol. The van der Waals surface area contributed by atoms with Gasteiger partial charge in [0.15, 0.2) is 0 Å². The van der Waals surface area contributed by atoms with Crippen LogP contribution in [0, 0.1) is 23.7 Å². The number of nitrogens with zero attached hydrogens (tertiary/aromatic N) is 1. The van der Waals surface area contributed by atoms with Crippen LogP contribution >= 0.6 is 0 Å². The zero-order chi connectivity index (χ0) is 9.54. The highest BCUT2D eigenvalue weighted by atomic mass is 15.2. The lowest BCUT2D eigenvalue weighted by molar-refractivity contribution is 0.0577. The van der Waals surface area contributed by atoms with E-state index in [2.05, 4.69) is 4.90 Å². The minimum Gasteiger partial charge on any atom is -0.329 e. The van der Waals surface area contributed by atoms with Crippen molar-refractivity contribution in [3.8, 4) is 0 Å². The van der Waals surface area contributed by atoms with Gasteiger partial charge >= 0.3 is 0 Å². The van der Waals surface area contributed by atoms with Crippen LogP contribution in [0.5, 0.6) is 0 Å². The highest BCUT2D eigenvalue weighted by molar-refractivity contribution is 4.98. The number of rotatable bonds is 2. The van der Waals surface area contributed by atoms with Crippen LogP contribution in [-0.2, 0) is 0 Å². The topological polar surface area (TPSA) is 29.3 Å². The Kier molecular flexibility index (Phi) is 2.29. The third kappa shape index (κ3) is 1.31. The SMILES string of the molecule is NCCN1C[C@@H]2C3CCC(CC3)[C@@H]2C1. The Bertz CT molecular complexity index is 188. The normalized spacial score (nSPS) is 46.9. The minimum atomic E-state index is 0.842. The predicted molar refractivity (Wildman–Crippen MR) is 57.9 cm³/mol. The fraction of sp³-hybridized carbons (Fsp3) is 1.00. The molecular weight excluding hydrogens is 172 g/mol. The fourth-order valence-corrected chi connectivity index (χ4v) is 4.31. The highest BCUT2D eigenvalue weighted by Crippen LogP contribution is 2.51. The molecule has 14 heavy (non-hydrogen) atoms. The van der Waals surface area contributed by atoms with Crippen molar-refractivity contribution in [2.75, 3.05) is 26.2 Å². The van der Waals surface area contributed by atoms with Crippen LogP contribution in [0.1, 0.15) is 25.7 Å². The van der Waals surface area contributed by atoms with Crippen LogP contribution in [0.2, 0.25) is 0 Å². The molecule has 2 atom stereocenters. The second kappa shape index (κ2) is 3.49. The molecule has 0 aromatic carbocycles. The van der Waals surface area contributed by atoms with Crippen LogP contribution in [0.25, 0.3) is 0 Å². The Morgan fingerprint density at radius 1 is 0.929 bits per heavy atom. The van der Waals surface area contributed by atoms with Crippen LogP contribution < -0.4 is 5.73 Å². The minimum absolute atomic E-state index is 0.842. The summed E-state index contributed by atoms with van der Waals surface area (Å²) in [4.78, 5) is 2.62. The van der Waals surface area contributed by atoms with E-state index in [1.807, 2.05) is 0 Å². The van der Waals surface area contributed by atoms with Gasteiger partial charge < -0.3 is 10.6 Å². The van der Waals surface area contributed by atoms with Crippen LogP contribution in [0.3, 0.4) is 0 Å². The quantitative estimate of drug-likeness (QED) is 0.718. The lowest BCUT2D eigenvalue weighted by atomic mass is 9.60. The summed E-state index contributed by atoms with van der Waals surface area (Å²) < 4.78 is 0. The molecular formula is C12H22N2. The summed E-state index contributed by atoms with van der Waals surface area (Å²) in [5, 5.41) is 0.